The van der Waals surface area contributed by atoms with Crippen molar-refractivity contribution >= 4 is 56.0 Å². The van der Waals surface area contributed by atoms with E-state index in [1.54, 1.807) is 54.6 Å². The molecule has 2 amide bonds. The fourth-order valence-electron chi connectivity index (χ4n) is 3.21. The van der Waals surface area contributed by atoms with Gasteiger partial charge in [-0.2, -0.15) is 5.10 Å². The number of rotatable bonds is 7. The van der Waals surface area contributed by atoms with Crippen molar-refractivity contribution in [1.29, 1.82) is 0 Å². The Morgan fingerprint density at radius 3 is 2.58 bits per heavy atom. The number of benzene rings is 3. The molecule has 4 rings (SSSR count). The van der Waals surface area contributed by atoms with Gasteiger partial charge in [0.25, 0.3) is 11.8 Å². The lowest BCUT2D eigenvalue weighted by Crippen LogP contribution is -2.32. The molecule has 184 valence electrons. The van der Waals surface area contributed by atoms with Gasteiger partial charge >= 0.3 is 0 Å². The van der Waals surface area contributed by atoms with Gasteiger partial charge < -0.3 is 24.6 Å². The maximum Gasteiger partial charge on any atom is 0.287 e. The highest BCUT2D eigenvalue weighted by molar-refractivity contribution is 9.13. The molecular weight excluding hydrogens is 598 g/mol. The smallest absolute Gasteiger partial charge is 0.287 e. The molecule has 0 aliphatic carbocycles. The number of nitrogens with one attached hydrogen (secondary N) is 2. The fraction of sp³-hybridized carbons (Fsp3) is 0.0800. The summed E-state index contributed by atoms with van der Waals surface area (Å²) >= 11 is 6.72. The van der Waals surface area contributed by atoms with Gasteiger partial charge in [0.2, 0.25) is 6.79 Å². The predicted molar refractivity (Wildman–Crippen MR) is 140 cm³/mol. The van der Waals surface area contributed by atoms with Crippen molar-refractivity contribution in [2.75, 3.05) is 13.9 Å². The molecule has 0 unspecified atom stereocenters. The predicted octanol–water partition coefficient (Wildman–Crippen LogP) is 4.58. The van der Waals surface area contributed by atoms with E-state index in [-0.39, 0.29) is 29.6 Å². The van der Waals surface area contributed by atoms with E-state index in [2.05, 4.69) is 47.7 Å². The number of methoxy groups -OCH3 is 1. The van der Waals surface area contributed by atoms with Crippen molar-refractivity contribution in [3.8, 4) is 23.0 Å². The number of ether oxygens (including phenoxy) is 3. The summed E-state index contributed by atoms with van der Waals surface area (Å²) in [6.07, 6.45) is 2.74. The van der Waals surface area contributed by atoms with Gasteiger partial charge in [-0.05, 0) is 73.8 Å². The molecule has 3 N–H and O–H groups in total. The van der Waals surface area contributed by atoms with Gasteiger partial charge in [-0.15, -0.1) is 0 Å². The molecule has 11 heteroatoms. The van der Waals surface area contributed by atoms with Crippen molar-refractivity contribution in [3.63, 3.8) is 0 Å². The van der Waals surface area contributed by atoms with E-state index in [1.165, 1.54) is 19.4 Å². The number of halogens is 2. The van der Waals surface area contributed by atoms with Gasteiger partial charge in [0.05, 0.1) is 18.9 Å². The molecule has 1 aliphatic heterocycles. The number of hydrogen-bond donors (Lipinski definition) is 3. The lowest BCUT2D eigenvalue weighted by Gasteiger charge is -2.11. The number of carbonyl (C=O) groups excluding carboxylic acids is 2. The first-order chi connectivity index (χ1) is 17.4. The van der Waals surface area contributed by atoms with Crippen LogP contribution in [-0.4, -0.2) is 37.0 Å². The Kier molecular flexibility index (Phi) is 7.91. The first-order valence-corrected chi connectivity index (χ1v) is 12.0. The molecule has 0 radical (unpaired) electrons. The summed E-state index contributed by atoms with van der Waals surface area (Å²) in [5.74, 6) is 0.00538. The Morgan fingerprint density at radius 1 is 1.08 bits per heavy atom. The maximum absolute atomic E-state index is 13.0. The van der Waals surface area contributed by atoms with E-state index >= 15 is 0 Å². The van der Waals surface area contributed by atoms with Crippen LogP contribution >= 0.6 is 31.9 Å². The quantitative estimate of drug-likeness (QED) is 0.203. The topological polar surface area (TPSA) is 118 Å². The second-order valence-electron chi connectivity index (χ2n) is 7.33. The third-order valence-corrected chi connectivity index (χ3v) is 7.02. The Balaban J connectivity index is 1.60. The largest absolute Gasteiger partial charge is 0.504 e. The first kappa shape index (κ1) is 25.3. The van der Waals surface area contributed by atoms with E-state index in [1.807, 2.05) is 0 Å². The Morgan fingerprint density at radius 2 is 1.83 bits per heavy atom. The summed E-state index contributed by atoms with van der Waals surface area (Å²) < 4.78 is 17.0. The number of carbonyl (C=O) groups is 2. The molecule has 36 heavy (non-hydrogen) atoms. The van der Waals surface area contributed by atoms with Crippen LogP contribution in [0.25, 0.3) is 6.08 Å². The number of hydrogen-bond acceptors (Lipinski definition) is 7. The number of amides is 2. The van der Waals surface area contributed by atoms with Gasteiger partial charge in [0, 0.05) is 14.5 Å². The van der Waals surface area contributed by atoms with Crippen molar-refractivity contribution in [1.82, 2.24) is 10.7 Å². The molecule has 0 bridgehead atoms. The van der Waals surface area contributed by atoms with Gasteiger partial charge in [0.15, 0.2) is 23.0 Å². The number of fused-ring (bicyclic) bond motifs is 1. The average Bonchev–Trinajstić information content (AvgIpc) is 3.36. The molecule has 0 saturated carbocycles. The molecule has 1 aliphatic rings. The molecule has 0 fully saturated rings. The second-order valence-corrected chi connectivity index (χ2v) is 8.97. The first-order valence-electron chi connectivity index (χ1n) is 10.4. The molecule has 9 nitrogen and oxygen atoms in total. The Hall–Kier alpha value is -3.83. The minimum absolute atomic E-state index is 0.0602. The van der Waals surface area contributed by atoms with E-state index in [0.29, 0.717) is 31.6 Å². The number of nitrogens with zero attached hydrogens (tertiary/aromatic N) is 1. The minimum atomic E-state index is -0.689. The van der Waals surface area contributed by atoms with Crippen LogP contribution in [-0.2, 0) is 4.79 Å². The summed E-state index contributed by atoms with van der Waals surface area (Å²) in [5.41, 5.74) is 3.56. The van der Waals surface area contributed by atoms with Crippen molar-refractivity contribution < 1.29 is 28.9 Å². The van der Waals surface area contributed by atoms with Gasteiger partial charge in [-0.1, -0.05) is 24.3 Å². The summed E-state index contributed by atoms with van der Waals surface area (Å²) in [5, 5.41) is 17.0. The summed E-state index contributed by atoms with van der Waals surface area (Å²) in [6, 6.07) is 15.2. The molecule has 0 saturated heterocycles. The van der Waals surface area contributed by atoms with Crippen molar-refractivity contribution in [3.05, 3.63) is 85.9 Å². The highest BCUT2D eigenvalue weighted by atomic mass is 79.9. The normalized spacial score (nSPS) is 12.5. The third kappa shape index (κ3) is 5.69. The maximum atomic E-state index is 13.0. The lowest BCUT2D eigenvalue weighted by molar-refractivity contribution is -0.117. The van der Waals surface area contributed by atoms with E-state index in [4.69, 9.17) is 14.2 Å². The standard InChI is InChI=1S/C25H19Br2N3O6/c1-34-21-11-17(26)22(27)16(23(21)31)12-28-30-25(33)18(29-24(32)15-5-3-2-4-6-15)9-14-7-8-19-20(10-14)36-13-35-19/h2-12,31H,13H2,1H3,(H,29,32)(H,30,33)/b18-9+,28-12-. The zero-order chi connectivity index (χ0) is 25.7. The van der Waals surface area contributed by atoms with Crippen LogP contribution < -0.4 is 25.0 Å². The minimum Gasteiger partial charge on any atom is -0.504 e. The zero-order valence-electron chi connectivity index (χ0n) is 18.7. The Labute approximate surface area is 223 Å². The van der Waals surface area contributed by atoms with Gasteiger partial charge in [0.1, 0.15) is 5.70 Å². The summed E-state index contributed by atoms with van der Waals surface area (Å²) in [4.78, 5) is 25.8. The molecule has 3 aromatic rings. The van der Waals surface area contributed by atoms with Gasteiger partial charge in [-0.25, -0.2) is 5.43 Å². The summed E-state index contributed by atoms with van der Waals surface area (Å²) in [7, 11) is 1.42. The van der Waals surface area contributed by atoms with Crippen LogP contribution in [0.1, 0.15) is 21.5 Å². The monoisotopic (exact) mass is 615 g/mol. The highest BCUT2D eigenvalue weighted by Gasteiger charge is 2.18. The number of phenolic OH excluding ortho intramolecular Hbond substituents is 1. The Bertz CT molecular complexity index is 1380. The fourth-order valence-corrected chi connectivity index (χ4v) is 4.04. The average molecular weight is 617 g/mol. The second kappa shape index (κ2) is 11.3. The van der Waals surface area contributed by atoms with E-state index in [9.17, 15) is 14.7 Å². The van der Waals surface area contributed by atoms with Crippen LogP contribution in [0.15, 0.2) is 74.3 Å². The van der Waals surface area contributed by atoms with Gasteiger partial charge in [-0.3, -0.25) is 9.59 Å². The summed E-state index contributed by atoms with van der Waals surface area (Å²) in [6.45, 7) is 0.109. The lowest BCUT2D eigenvalue weighted by atomic mass is 10.1. The van der Waals surface area contributed by atoms with Crippen LogP contribution in [0.4, 0.5) is 0 Å². The molecule has 3 aromatic carbocycles. The molecular formula is C25H19Br2N3O6. The van der Waals surface area contributed by atoms with E-state index in [0.717, 1.165) is 0 Å². The molecule has 0 aromatic heterocycles. The van der Waals surface area contributed by atoms with Crippen molar-refractivity contribution in [2.45, 2.75) is 0 Å². The highest BCUT2D eigenvalue weighted by Crippen LogP contribution is 2.39. The number of hydrazone groups is 1. The third-order valence-electron chi connectivity index (χ3n) is 5.01. The van der Waals surface area contributed by atoms with Crippen LogP contribution in [0, 0.1) is 0 Å². The van der Waals surface area contributed by atoms with Crippen LogP contribution in [0.5, 0.6) is 23.0 Å². The molecule has 0 spiro atoms. The zero-order valence-corrected chi connectivity index (χ0v) is 21.9. The van der Waals surface area contributed by atoms with Crippen LogP contribution in [0.2, 0.25) is 0 Å². The van der Waals surface area contributed by atoms with Crippen LogP contribution in [0.3, 0.4) is 0 Å². The SMILES string of the molecule is COc1cc(Br)c(Br)c(/C=N\NC(=O)/C(=C\c2ccc3c(c2)OCO3)NC(=O)c2ccccc2)c1O. The number of phenols is 1. The molecule has 1 heterocycles. The number of aromatic hydroxyl groups is 1. The van der Waals surface area contributed by atoms with E-state index < -0.39 is 11.8 Å². The van der Waals surface area contributed by atoms with Crippen molar-refractivity contribution in [2.24, 2.45) is 5.10 Å². The molecule has 0 atom stereocenters.